The minimum atomic E-state index is -0.918. The van der Waals surface area contributed by atoms with Crippen molar-refractivity contribution in [2.45, 2.75) is 33.0 Å². The minimum Gasteiger partial charge on any atom is -0.490 e. The van der Waals surface area contributed by atoms with Crippen molar-refractivity contribution in [1.82, 2.24) is 5.32 Å². The van der Waals surface area contributed by atoms with Gasteiger partial charge in [-0.1, -0.05) is 18.2 Å². The summed E-state index contributed by atoms with van der Waals surface area (Å²) in [5, 5.41) is 11.9. The fraction of sp³-hybridized carbons (Fsp3) is 0.316. The molecule has 0 saturated carbocycles. The molecular weight excluding hydrogens is 405 g/mol. The van der Waals surface area contributed by atoms with Crippen LogP contribution in [-0.4, -0.2) is 23.7 Å². The zero-order valence-corrected chi connectivity index (χ0v) is 16.2. The maximum absolute atomic E-state index is 13.8. The number of carbonyl (C=O) groups is 1. The van der Waals surface area contributed by atoms with E-state index in [9.17, 15) is 9.18 Å². The molecule has 2 rings (SSSR count). The van der Waals surface area contributed by atoms with Gasteiger partial charge in [-0.05, 0) is 53.5 Å². The van der Waals surface area contributed by atoms with Gasteiger partial charge in [0.25, 0.3) is 0 Å². The fourth-order valence-corrected chi connectivity index (χ4v) is 2.85. The summed E-state index contributed by atoms with van der Waals surface area (Å²) in [4.78, 5) is 10.9. The Kier molecular flexibility index (Phi) is 7.41. The fourth-order valence-electron chi connectivity index (χ4n) is 2.25. The van der Waals surface area contributed by atoms with Crippen LogP contribution in [0.15, 0.2) is 40.9 Å². The van der Waals surface area contributed by atoms with Gasteiger partial charge in [0.2, 0.25) is 0 Å². The number of hydrogen-bond donors (Lipinski definition) is 2. The lowest BCUT2D eigenvalue weighted by molar-refractivity contribution is -0.139. The molecule has 2 N–H and O–H groups in total. The molecule has 0 aliphatic carbocycles. The van der Waals surface area contributed by atoms with E-state index in [4.69, 9.17) is 14.6 Å². The van der Waals surface area contributed by atoms with Crippen molar-refractivity contribution in [2.24, 2.45) is 0 Å². The Bertz CT molecular complexity index is 769. The summed E-state index contributed by atoms with van der Waals surface area (Å²) in [6.07, 6.45) is 0. The van der Waals surface area contributed by atoms with Crippen molar-refractivity contribution in [3.8, 4) is 11.5 Å². The molecule has 0 spiro atoms. The zero-order valence-electron chi connectivity index (χ0n) is 14.6. The van der Waals surface area contributed by atoms with E-state index in [1.165, 1.54) is 6.07 Å². The first-order valence-electron chi connectivity index (χ1n) is 8.20. The van der Waals surface area contributed by atoms with E-state index >= 15 is 0 Å². The molecule has 0 saturated heterocycles. The Morgan fingerprint density at radius 3 is 2.69 bits per heavy atom. The SMILES string of the molecule is CCOc1cc(CNC(C)C(=O)O)cc(Br)c1OCc1ccccc1F. The van der Waals surface area contributed by atoms with Crippen molar-refractivity contribution in [1.29, 1.82) is 0 Å². The van der Waals surface area contributed by atoms with Gasteiger partial charge in [-0.25, -0.2) is 4.39 Å². The number of ether oxygens (including phenoxy) is 2. The predicted octanol–water partition coefficient (Wildman–Crippen LogP) is 4.13. The molecule has 7 heteroatoms. The Morgan fingerprint density at radius 2 is 2.04 bits per heavy atom. The molecule has 0 aliphatic heterocycles. The molecule has 0 radical (unpaired) electrons. The number of nitrogens with one attached hydrogen (secondary N) is 1. The number of hydrogen-bond acceptors (Lipinski definition) is 4. The quantitative estimate of drug-likeness (QED) is 0.631. The van der Waals surface area contributed by atoms with Gasteiger partial charge in [-0.2, -0.15) is 0 Å². The summed E-state index contributed by atoms with van der Waals surface area (Å²) < 4.78 is 25.8. The summed E-state index contributed by atoms with van der Waals surface area (Å²) in [5.41, 5.74) is 1.29. The van der Waals surface area contributed by atoms with Crippen LogP contribution in [-0.2, 0) is 17.9 Å². The Hall–Kier alpha value is -2.12. The van der Waals surface area contributed by atoms with Gasteiger partial charge in [0.05, 0.1) is 11.1 Å². The molecule has 26 heavy (non-hydrogen) atoms. The lowest BCUT2D eigenvalue weighted by Gasteiger charge is -2.16. The number of benzene rings is 2. The predicted molar refractivity (Wildman–Crippen MR) is 100.0 cm³/mol. The van der Waals surface area contributed by atoms with Crippen LogP contribution in [0.3, 0.4) is 0 Å². The van der Waals surface area contributed by atoms with Crippen molar-refractivity contribution in [3.05, 3.63) is 57.8 Å². The first-order chi connectivity index (χ1) is 12.4. The summed E-state index contributed by atoms with van der Waals surface area (Å²) in [7, 11) is 0. The van der Waals surface area contributed by atoms with Gasteiger partial charge in [0.15, 0.2) is 11.5 Å². The highest BCUT2D eigenvalue weighted by molar-refractivity contribution is 9.10. The summed E-state index contributed by atoms with van der Waals surface area (Å²) >= 11 is 3.45. The molecule has 5 nitrogen and oxygen atoms in total. The van der Waals surface area contributed by atoms with Crippen LogP contribution in [0.2, 0.25) is 0 Å². The van der Waals surface area contributed by atoms with Gasteiger partial charge in [0.1, 0.15) is 18.5 Å². The summed E-state index contributed by atoms with van der Waals surface area (Å²) in [5.74, 6) is -0.257. The topological polar surface area (TPSA) is 67.8 Å². The first kappa shape index (κ1) is 20.2. The van der Waals surface area contributed by atoms with Crippen LogP contribution in [0.5, 0.6) is 11.5 Å². The second-order valence-corrected chi connectivity index (χ2v) is 6.51. The molecule has 0 fully saturated rings. The highest BCUT2D eigenvalue weighted by Gasteiger charge is 2.15. The third-order valence-corrected chi connectivity index (χ3v) is 4.27. The molecule has 0 aromatic heterocycles. The first-order valence-corrected chi connectivity index (χ1v) is 8.99. The lowest BCUT2D eigenvalue weighted by Crippen LogP contribution is -2.33. The third-order valence-electron chi connectivity index (χ3n) is 3.68. The van der Waals surface area contributed by atoms with Crippen LogP contribution in [0.25, 0.3) is 0 Å². The molecule has 0 aliphatic rings. The van der Waals surface area contributed by atoms with E-state index in [2.05, 4.69) is 21.2 Å². The molecule has 2 aromatic rings. The Labute approximate surface area is 160 Å². The highest BCUT2D eigenvalue weighted by atomic mass is 79.9. The monoisotopic (exact) mass is 425 g/mol. The lowest BCUT2D eigenvalue weighted by atomic mass is 10.2. The van der Waals surface area contributed by atoms with Crippen LogP contribution in [0.1, 0.15) is 25.0 Å². The highest BCUT2D eigenvalue weighted by Crippen LogP contribution is 2.37. The largest absolute Gasteiger partial charge is 0.490 e. The maximum Gasteiger partial charge on any atom is 0.320 e. The molecule has 1 unspecified atom stereocenters. The standard InChI is InChI=1S/C19H21BrFNO4/c1-3-25-17-9-13(10-22-12(2)19(23)24)8-15(20)18(17)26-11-14-6-4-5-7-16(14)21/h4-9,12,22H,3,10-11H2,1-2H3,(H,23,24). The van der Waals surface area contributed by atoms with E-state index in [0.717, 1.165) is 5.56 Å². The van der Waals surface area contributed by atoms with Crippen LogP contribution in [0, 0.1) is 5.82 Å². The van der Waals surface area contributed by atoms with Gasteiger partial charge in [-0.15, -0.1) is 0 Å². The molecule has 0 bridgehead atoms. The average molecular weight is 426 g/mol. The number of carboxylic acid groups (broad SMARTS) is 1. The van der Waals surface area contributed by atoms with Gasteiger partial charge >= 0.3 is 5.97 Å². The Balaban J connectivity index is 2.17. The van der Waals surface area contributed by atoms with E-state index in [1.54, 1.807) is 31.2 Å². The second-order valence-electron chi connectivity index (χ2n) is 5.66. The van der Waals surface area contributed by atoms with E-state index in [1.807, 2.05) is 13.0 Å². The van der Waals surface area contributed by atoms with E-state index in [-0.39, 0.29) is 12.4 Å². The normalized spacial score (nSPS) is 11.8. The van der Waals surface area contributed by atoms with Crippen molar-refractivity contribution < 1.29 is 23.8 Å². The number of carboxylic acids is 1. The van der Waals surface area contributed by atoms with Crippen molar-refractivity contribution in [2.75, 3.05) is 6.61 Å². The van der Waals surface area contributed by atoms with Crippen LogP contribution in [0.4, 0.5) is 4.39 Å². The third kappa shape index (κ3) is 5.44. The van der Waals surface area contributed by atoms with Gasteiger partial charge in [0, 0.05) is 12.1 Å². The van der Waals surface area contributed by atoms with Crippen LogP contribution >= 0.6 is 15.9 Å². The maximum atomic E-state index is 13.8. The number of halogens is 2. The van der Waals surface area contributed by atoms with Gasteiger partial charge < -0.3 is 19.9 Å². The van der Waals surface area contributed by atoms with E-state index < -0.39 is 12.0 Å². The smallest absolute Gasteiger partial charge is 0.320 e. The number of rotatable bonds is 9. The molecule has 0 amide bonds. The molecular formula is C19H21BrFNO4. The minimum absolute atomic E-state index is 0.0684. The van der Waals surface area contributed by atoms with Crippen molar-refractivity contribution in [3.63, 3.8) is 0 Å². The molecule has 140 valence electrons. The van der Waals surface area contributed by atoms with E-state index in [0.29, 0.717) is 34.7 Å². The second kappa shape index (κ2) is 9.54. The Morgan fingerprint density at radius 1 is 1.31 bits per heavy atom. The zero-order chi connectivity index (χ0) is 19.1. The number of aliphatic carboxylic acids is 1. The average Bonchev–Trinajstić information content (AvgIpc) is 2.60. The summed E-state index contributed by atoms with van der Waals surface area (Å²) in [6, 6.07) is 9.36. The molecule has 1 atom stereocenters. The van der Waals surface area contributed by atoms with Crippen LogP contribution < -0.4 is 14.8 Å². The summed E-state index contributed by atoms with van der Waals surface area (Å²) in [6.45, 7) is 4.29. The molecule has 0 heterocycles. The van der Waals surface area contributed by atoms with Gasteiger partial charge in [-0.3, -0.25) is 4.79 Å². The molecule has 2 aromatic carbocycles. The van der Waals surface area contributed by atoms with Crippen molar-refractivity contribution >= 4 is 21.9 Å².